The zero-order valence-corrected chi connectivity index (χ0v) is 12.3. The lowest BCUT2D eigenvalue weighted by atomic mass is 10.2. The van der Waals surface area contributed by atoms with Gasteiger partial charge in [-0.2, -0.15) is 0 Å². The van der Waals surface area contributed by atoms with Crippen molar-refractivity contribution in [1.82, 2.24) is 5.32 Å². The smallest absolute Gasteiger partial charge is 0.255 e. The number of hydrogen-bond donors (Lipinski definition) is 1. The van der Waals surface area contributed by atoms with Crippen LogP contribution in [0.25, 0.3) is 0 Å². The maximum absolute atomic E-state index is 11.9. The van der Waals surface area contributed by atoms with Crippen molar-refractivity contribution in [3.63, 3.8) is 0 Å². The van der Waals surface area contributed by atoms with E-state index in [0.29, 0.717) is 11.3 Å². The van der Waals surface area contributed by atoms with E-state index >= 15 is 0 Å². The van der Waals surface area contributed by atoms with Gasteiger partial charge in [0.25, 0.3) is 5.91 Å². The molecule has 3 nitrogen and oxygen atoms in total. The van der Waals surface area contributed by atoms with Gasteiger partial charge >= 0.3 is 0 Å². The average Bonchev–Trinajstić information content (AvgIpc) is 2.28. The topological polar surface area (TPSA) is 38.3 Å². The summed E-state index contributed by atoms with van der Waals surface area (Å²) in [7, 11) is 1.55. The van der Waals surface area contributed by atoms with Crippen LogP contribution in [0.5, 0.6) is 5.75 Å². The zero-order valence-electron chi connectivity index (χ0n) is 9.09. The fourth-order valence-corrected chi connectivity index (χ4v) is 1.69. The van der Waals surface area contributed by atoms with Gasteiger partial charge in [0, 0.05) is 15.8 Å². The fourth-order valence-electron chi connectivity index (χ4n) is 1.19. The highest BCUT2D eigenvalue weighted by atomic mass is 79.9. The van der Waals surface area contributed by atoms with Crippen molar-refractivity contribution < 1.29 is 9.53 Å². The summed E-state index contributed by atoms with van der Waals surface area (Å²) < 4.78 is 6.04. The molecule has 0 aliphatic rings. The first-order valence-electron chi connectivity index (χ1n) is 4.79. The lowest BCUT2D eigenvalue weighted by molar-refractivity contribution is 0.0941. The molecular weight excluding hydrogens is 338 g/mol. The number of methoxy groups -OCH3 is 1. The van der Waals surface area contributed by atoms with Crippen molar-refractivity contribution in [3.05, 3.63) is 28.2 Å². The van der Waals surface area contributed by atoms with Crippen LogP contribution in [-0.4, -0.2) is 24.4 Å². The van der Waals surface area contributed by atoms with Gasteiger partial charge in [0.15, 0.2) is 0 Å². The van der Waals surface area contributed by atoms with Crippen molar-refractivity contribution in [3.8, 4) is 5.75 Å². The Labute approximate surface area is 112 Å². The monoisotopic (exact) mass is 349 g/mol. The zero-order chi connectivity index (χ0) is 12.1. The highest BCUT2D eigenvalue weighted by molar-refractivity contribution is 9.10. The van der Waals surface area contributed by atoms with E-state index < -0.39 is 0 Å². The highest BCUT2D eigenvalue weighted by Gasteiger charge is 2.14. The molecule has 0 saturated heterocycles. The number of halogens is 2. The minimum atomic E-state index is -0.128. The molecule has 1 aromatic rings. The van der Waals surface area contributed by atoms with E-state index in [1.807, 2.05) is 13.0 Å². The Balaban J connectivity index is 2.90. The summed E-state index contributed by atoms with van der Waals surface area (Å²) in [5.41, 5.74) is 0.540. The molecule has 1 rings (SSSR count). The maximum atomic E-state index is 11.9. The normalized spacial score (nSPS) is 12.0. The quantitative estimate of drug-likeness (QED) is 0.848. The standard InChI is InChI=1S/C11H13Br2NO2/c1-7(6-12)14-11(15)9-4-3-8(13)5-10(9)16-2/h3-5,7H,6H2,1-2H3,(H,14,15). The molecule has 0 bridgehead atoms. The molecule has 0 aliphatic carbocycles. The van der Waals surface area contributed by atoms with Crippen LogP contribution in [0, 0.1) is 0 Å². The Hall–Kier alpha value is -0.550. The van der Waals surface area contributed by atoms with Crippen molar-refractivity contribution in [1.29, 1.82) is 0 Å². The SMILES string of the molecule is COc1cc(Br)ccc1C(=O)NC(C)CBr. The van der Waals surface area contributed by atoms with Crippen LogP contribution in [0.3, 0.4) is 0 Å². The molecule has 0 saturated carbocycles. The van der Waals surface area contributed by atoms with Gasteiger partial charge in [-0.1, -0.05) is 31.9 Å². The van der Waals surface area contributed by atoms with Crippen LogP contribution >= 0.6 is 31.9 Å². The predicted octanol–water partition coefficient (Wildman–Crippen LogP) is 2.97. The second kappa shape index (κ2) is 6.25. The molecule has 0 heterocycles. The van der Waals surface area contributed by atoms with E-state index in [-0.39, 0.29) is 11.9 Å². The van der Waals surface area contributed by atoms with Crippen LogP contribution in [0.2, 0.25) is 0 Å². The van der Waals surface area contributed by atoms with Crippen LogP contribution in [0.4, 0.5) is 0 Å². The first-order chi connectivity index (χ1) is 7.58. The number of rotatable bonds is 4. The first kappa shape index (κ1) is 13.5. The number of ether oxygens (including phenoxy) is 1. The number of carbonyl (C=O) groups is 1. The van der Waals surface area contributed by atoms with E-state index in [1.54, 1.807) is 19.2 Å². The molecule has 0 radical (unpaired) electrons. The molecule has 88 valence electrons. The molecule has 1 atom stereocenters. The minimum Gasteiger partial charge on any atom is -0.496 e. The Morgan fingerprint density at radius 1 is 1.56 bits per heavy atom. The Bertz CT molecular complexity index is 382. The number of benzene rings is 1. The second-order valence-electron chi connectivity index (χ2n) is 3.37. The molecule has 0 aliphatic heterocycles. The van der Waals surface area contributed by atoms with Crippen LogP contribution in [-0.2, 0) is 0 Å². The molecule has 1 aromatic carbocycles. The molecule has 16 heavy (non-hydrogen) atoms. The summed E-state index contributed by atoms with van der Waals surface area (Å²) in [6.45, 7) is 1.93. The third-order valence-corrected chi connectivity index (χ3v) is 3.48. The first-order valence-corrected chi connectivity index (χ1v) is 6.70. The van der Waals surface area contributed by atoms with E-state index in [0.717, 1.165) is 9.80 Å². The number of nitrogens with one attached hydrogen (secondary N) is 1. The predicted molar refractivity (Wildman–Crippen MR) is 71.4 cm³/mol. The summed E-state index contributed by atoms with van der Waals surface area (Å²) in [6.07, 6.45) is 0. The molecule has 1 N–H and O–H groups in total. The van der Waals surface area contributed by atoms with E-state index in [9.17, 15) is 4.79 Å². The van der Waals surface area contributed by atoms with Crippen molar-refractivity contribution in [2.45, 2.75) is 13.0 Å². The second-order valence-corrected chi connectivity index (χ2v) is 4.94. The molecule has 1 unspecified atom stereocenters. The molecule has 0 spiro atoms. The van der Waals surface area contributed by atoms with Crippen LogP contribution in [0.15, 0.2) is 22.7 Å². The molecule has 0 aromatic heterocycles. The number of carbonyl (C=O) groups excluding carboxylic acids is 1. The van der Waals surface area contributed by atoms with Crippen molar-refractivity contribution in [2.75, 3.05) is 12.4 Å². The summed E-state index contributed by atoms with van der Waals surface area (Å²) in [4.78, 5) is 11.9. The lowest BCUT2D eigenvalue weighted by Crippen LogP contribution is -2.33. The van der Waals surface area contributed by atoms with E-state index in [4.69, 9.17) is 4.74 Å². The van der Waals surface area contributed by atoms with Crippen LogP contribution in [0.1, 0.15) is 17.3 Å². The molecule has 5 heteroatoms. The van der Waals surface area contributed by atoms with Crippen molar-refractivity contribution in [2.24, 2.45) is 0 Å². The van der Waals surface area contributed by atoms with E-state index in [2.05, 4.69) is 37.2 Å². The van der Waals surface area contributed by atoms with Gasteiger partial charge in [0.2, 0.25) is 0 Å². The molecule has 0 fully saturated rings. The summed E-state index contributed by atoms with van der Waals surface area (Å²) in [5.74, 6) is 0.435. The average molecular weight is 351 g/mol. The highest BCUT2D eigenvalue weighted by Crippen LogP contribution is 2.23. The summed E-state index contributed by atoms with van der Waals surface area (Å²) in [6, 6.07) is 5.41. The van der Waals surface area contributed by atoms with Gasteiger partial charge in [-0.05, 0) is 25.1 Å². The van der Waals surface area contributed by atoms with Crippen molar-refractivity contribution >= 4 is 37.8 Å². The Morgan fingerprint density at radius 3 is 2.81 bits per heavy atom. The summed E-state index contributed by atoms with van der Waals surface area (Å²) in [5, 5.41) is 3.58. The third kappa shape index (κ3) is 3.49. The molecular formula is C11H13Br2NO2. The Morgan fingerprint density at radius 2 is 2.25 bits per heavy atom. The lowest BCUT2D eigenvalue weighted by Gasteiger charge is -2.13. The number of alkyl halides is 1. The van der Waals surface area contributed by atoms with E-state index in [1.165, 1.54) is 0 Å². The summed E-state index contributed by atoms with van der Waals surface area (Å²) >= 11 is 6.64. The fraction of sp³-hybridized carbons (Fsp3) is 0.364. The van der Waals surface area contributed by atoms with Gasteiger partial charge in [0.05, 0.1) is 12.7 Å². The van der Waals surface area contributed by atoms with Gasteiger partial charge < -0.3 is 10.1 Å². The molecule has 1 amide bonds. The Kier molecular flexibility index (Phi) is 5.28. The third-order valence-electron chi connectivity index (χ3n) is 2.02. The van der Waals surface area contributed by atoms with Gasteiger partial charge in [0.1, 0.15) is 5.75 Å². The largest absolute Gasteiger partial charge is 0.496 e. The maximum Gasteiger partial charge on any atom is 0.255 e. The number of hydrogen-bond acceptors (Lipinski definition) is 2. The minimum absolute atomic E-state index is 0.0841. The van der Waals surface area contributed by atoms with Gasteiger partial charge in [-0.25, -0.2) is 0 Å². The van der Waals surface area contributed by atoms with Gasteiger partial charge in [-0.3, -0.25) is 4.79 Å². The number of amides is 1. The van der Waals surface area contributed by atoms with Gasteiger partial charge in [-0.15, -0.1) is 0 Å². The van der Waals surface area contributed by atoms with Crippen LogP contribution < -0.4 is 10.1 Å².